The van der Waals surface area contributed by atoms with E-state index in [1.165, 1.54) is 29.5 Å². The van der Waals surface area contributed by atoms with Crippen molar-refractivity contribution in [2.45, 2.75) is 82.3 Å². The van der Waals surface area contributed by atoms with Crippen molar-refractivity contribution in [3.63, 3.8) is 0 Å². The zero-order chi connectivity index (χ0) is 20.2. The maximum Gasteiger partial charge on any atom is 0.469 e. The van der Waals surface area contributed by atoms with Gasteiger partial charge in [0.1, 0.15) is 0 Å². The molecule has 0 saturated heterocycles. The van der Waals surface area contributed by atoms with E-state index in [0.717, 1.165) is 38.7 Å². The van der Waals surface area contributed by atoms with E-state index < -0.39 is 13.4 Å². The molecule has 0 bridgehead atoms. The maximum atomic E-state index is 11.0. The Hall–Kier alpha value is -0.750. The van der Waals surface area contributed by atoms with Crippen molar-refractivity contribution in [2.24, 2.45) is 5.73 Å². The van der Waals surface area contributed by atoms with Crippen molar-refractivity contribution in [1.29, 1.82) is 0 Å². The standard InChI is InChI=1S/C21H34NO5P/c1-2-3-4-11-26-20-8-7-16-12-17(5-6-18(16)13-20)19-9-10-21(22,14-19)15-27-28(23,24)25/h5-6,12,19-20H,2-4,7-11,13-15,22H2,1H3,(H2,23,24,25)/t19-,20+,21+/m0/s1. The van der Waals surface area contributed by atoms with Gasteiger partial charge in [-0.25, -0.2) is 4.57 Å². The van der Waals surface area contributed by atoms with Gasteiger partial charge in [-0.3, -0.25) is 4.52 Å². The lowest BCUT2D eigenvalue weighted by Gasteiger charge is -2.27. The van der Waals surface area contributed by atoms with Gasteiger partial charge in [0.25, 0.3) is 0 Å². The molecule has 0 amide bonds. The van der Waals surface area contributed by atoms with E-state index in [4.69, 9.17) is 20.3 Å². The minimum atomic E-state index is -4.48. The van der Waals surface area contributed by atoms with Crippen LogP contribution >= 0.6 is 7.82 Å². The van der Waals surface area contributed by atoms with Crippen molar-refractivity contribution in [2.75, 3.05) is 13.2 Å². The van der Waals surface area contributed by atoms with Gasteiger partial charge in [-0.2, -0.15) is 0 Å². The SMILES string of the molecule is CCCCCO[C@@H]1CCc2cc([C@H]3CC[C@](N)(COP(=O)(O)O)C3)ccc2C1. The number of hydrogen-bond donors (Lipinski definition) is 3. The van der Waals surface area contributed by atoms with Gasteiger partial charge in [-0.15, -0.1) is 0 Å². The Labute approximate surface area is 168 Å². The van der Waals surface area contributed by atoms with Gasteiger partial charge >= 0.3 is 7.82 Å². The van der Waals surface area contributed by atoms with E-state index in [1.54, 1.807) is 0 Å². The molecule has 0 aliphatic heterocycles. The van der Waals surface area contributed by atoms with Crippen LogP contribution < -0.4 is 5.73 Å². The number of nitrogens with two attached hydrogens (primary N) is 1. The number of unbranched alkanes of at least 4 members (excludes halogenated alkanes) is 2. The summed E-state index contributed by atoms with van der Waals surface area (Å²) in [6.45, 7) is 2.97. The van der Waals surface area contributed by atoms with Crippen molar-refractivity contribution >= 4 is 7.82 Å². The molecule has 0 spiro atoms. The zero-order valence-electron chi connectivity index (χ0n) is 16.8. The van der Waals surface area contributed by atoms with Crippen LogP contribution in [0.15, 0.2) is 18.2 Å². The lowest BCUT2D eigenvalue weighted by atomic mass is 9.85. The summed E-state index contributed by atoms with van der Waals surface area (Å²) in [7, 11) is -4.48. The van der Waals surface area contributed by atoms with Gasteiger partial charge in [0.05, 0.1) is 12.7 Å². The third-order valence-corrected chi connectivity index (χ3v) is 6.62. The molecule has 1 fully saturated rings. The predicted molar refractivity (Wildman–Crippen MR) is 109 cm³/mol. The maximum absolute atomic E-state index is 11.0. The lowest BCUT2D eigenvalue weighted by Crippen LogP contribution is -2.41. The number of aryl methyl sites for hydroxylation is 1. The molecule has 6 nitrogen and oxygen atoms in total. The summed E-state index contributed by atoms with van der Waals surface area (Å²) in [5.74, 6) is 0.318. The summed E-state index contributed by atoms with van der Waals surface area (Å²) in [5.41, 5.74) is 9.74. The van der Waals surface area contributed by atoms with Crippen LogP contribution in [-0.4, -0.2) is 34.6 Å². The average molecular weight is 411 g/mol. The minimum Gasteiger partial charge on any atom is -0.378 e. The van der Waals surface area contributed by atoms with Crippen LogP contribution in [0.4, 0.5) is 0 Å². The van der Waals surface area contributed by atoms with Crippen molar-refractivity contribution in [3.8, 4) is 0 Å². The quantitative estimate of drug-likeness (QED) is 0.422. The van der Waals surface area contributed by atoms with Crippen molar-refractivity contribution in [3.05, 3.63) is 34.9 Å². The lowest BCUT2D eigenvalue weighted by molar-refractivity contribution is 0.0419. The van der Waals surface area contributed by atoms with Crippen LogP contribution in [0.25, 0.3) is 0 Å². The van der Waals surface area contributed by atoms with Gasteiger partial charge in [0.15, 0.2) is 0 Å². The molecule has 1 aromatic carbocycles. The summed E-state index contributed by atoms with van der Waals surface area (Å²) in [6.07, 6.45) is 9.36. The Balaban J connectivity index is 1.56. The Morgan fingerprint density at radius 2 is 2.07 bits per heavy atom. The van der Waals surface area contributed by atoms with Gasteiger partial charge in [-0.1, -0.05) is 38.0 Å². The first-order valence-corrected chi connectivity index (χ1v) is 12.0. The fourth-order valence-corrected chi connectivity index (χ4v) is 4.95. The van der Waals surface area contributed by atoms with Crippen LogP contribution in [0.2, 0.25) is 0 Å². The molecule has 2 aliphatic rings. The van der Waals surface area contributed by atoms with Gasteiger partial charge in [0, 0.05) is 12.1 Å². The van der Waals surface area contributed by atoms with Gasteiger partial charge < -0.3 is 20.3 Å². The van der Waals surface area contributed by atoms with Crippen LogP contribution in [0.1, 0.15) is 74.5 Å². The fraction of sp³-hybridized carbons (Fsp3) is 0.714. The molecule has 0 aromatic heterocycles. The molecule has 1 saturated carbocycles. The van der Waals surface area contributed by atoms with Gasteiger partial charge in [0.2, 0.25) is 0 Å². The normalized spacial score (nSPS) is 27.7. The fourth-order valence-electron chi connectivity index (χ4n) is 4.52. The molecular weight excluding hydrogens is 377 g/mol. The molecule has 0 unspecified atom stereocenters. The molecule has 2 aliphatic carbocycles. The Morgan fingerprint density at radius 1 is 1.25 bits per heavy atom. The highest BCUT2D eigenvalue weighted by Gasteiger charge is 2.38. The topological polar surface area (TPSA) is 102 Å². The second kappa shape index (κ2) is 9.38. The zero-order valence-corrected chi connectivity index (χ0v) is 17.7. The molecule has 4 N–H and O–H groups in total. The number of phosphoric ester groups is 1. The summed E-state index contributed by atoms with van der Waals surface area (Å²) in [4.78, 5) is 17.9. The van der Waals surface area contributed by atoms with Crippen LogP contribution in [0.5, 0.6) is 0 Å². The molecule has 0 heterocycles. The largest absolute Gasteiger partial charge is 0.469 e. The highest BCUT2D eigenvalue weighted by atomic mass is 31.2. The van der Waals surface area contributed by atoms with Crippen molar-refractivity contribution < 1.29 is 23.6 Å². The van der Waals surface area contributed by atoms with E-state index in [0.29, 0.717) is 24.9 Å². The minimum absolute atomic E-state index is 0.101. The van der Waals surface area contributed by atoms with E-state index >= 15 is 0 Å². The van der Waals surface area contributed by atoms with E-state index in [-0.39, 0.29) is 6.61 Å². The Bertz CT molecular complexity index is 706. The van der Waals surface area contributed by atoms with Crippen LogP contribution in [0, 0.1) is 0 Å². The second-order valence-electron chi connectivity index (χ2n) is 8.54. The molecule has 3 rings (SSSR count). The number of phosphoric acid groups is 1. The van der Waals surface area contributed by atoms with E-state index in [9.17, 15) is 4.57 Å². The highest BCUT2D eigenvalue weighted by Crippen LogP contribution is 2.44. The predicted octanol–water partition coefficient (Wildman–Crippen LogP) is 3.83. The summed E-state index contributed by atoms with van der Waals surface area (Å²) in [6, 6.07) is 6.73. The van der Waals surface area contributed by atoms with E-state index in [2.05, 4.69) is 29.6 Å². The smallest absolute Gasteiger partial charge is 0.378 e. The van der Waals surface area contributed by atoms with Gasteiger partial charge in [-0.05, 0) is 67.6 Å². The summed E-state index contributed by atoms with van der Waals surface area (Å²) in [5, 5.41) is 0. The number of hydrogen-bond acceptors (Lipinski definition) is 4. The first kappa shape index (κ1) is 21.9. The summed E-state index contributed by atoms with van der Waals surface area (Å²) < 4.78 is 21.7. The molecular formula is C21H34NO5P. The first-order valence-electron chi connectivity index (χ1n) is 10.5. The first-order chi connectivity index (χ1) is 13.3. The van der Waals surface area contributed by atoms with E-state index in [1.807, 2.05) is 0 Å². The number of fused-ring (bicyclic) bond motifs is 1. The Morgan fingerprint density at radius 3 is 2.82 bits per heavy atom. The molecule has 1 aromatic rings. The molecule has 3 atom stereocenters. The summed E-state index contributed by atoms with van der Waals surface area (Å²) >= 11 is 0. The molecule has 0 radical (unpaired) electrons. The Kier molecular flexibility index (Phi) is 7.35. The monoisotopic (exact) mass is 411 g/mol. The highest BCUT2D eigenvalue weighted by molar-refractivity contribution is 7.46. The average Bonchev–Trinajstić information content (AvgIpc) is 3.05. The molecule has 28 heavy (non-hydrogen) atoms. The molecule has 158 valence electrons. The number of rotatable bonds is 9. The van der Waals surface area contributed by atoms with Crippen LogP contribution in [-0.2, 0) is 26.7 Å². The van der Waals surface area contributed by atoms with Crippen molar-refractivity contribution in [1.82, 2.24) is 0 Å². The molecule has 7 heteroatoms. The third-order valence-electron chi connectivity index (χ3n) is 6.15. The second-order valence-corrected chi connectivity index (χ2v) is 9.78. The number of benzene rings is 1. The van der Waals surface area contributed by atoms with Crippen LogP contribution in [0.3, 0.4) is 0 Å². The third kappa shape index (κ3) is 6.12. The number of ether oxygens (including phenoxy) is 1.